The Morgan fingerprint density at radius 3 is 2.59 bits per heavy atom. The third kappa shape index (κ3) is 3.96. The smallest absolute Gasteiger partial charge is 0.254 e. The van der Waals surface area contributed by atoms with Crippen molar-refractivity contribution in [2.45, 2.75) is 19.9 Å². The average molecular weight is 387 g/mol. The summed E-state index contributed by atoms with van der Waals surface area (Å²) in [4.78, 5) is 21.2. The first kappa shape index (κ1) is 18.7. The number of nitrogens with zero attached hydrogens (tertiary/aromatic N) is 2. The lowest BCUT2D eigenvalue weighted by Gasteiger charge is -2.11. The summed E-state index contributed by atoms with van der Waals surface area (Å²) in [5.41, 5.74) is 1.98. The molecule has 6 heteroatoms. The molecule has 29 heavy (non-hydrogen) atoms. The number of para-hydroxylation sites is 1. The summed E-state index contributed by atoms with van der Waals surface area (Å²) >= 11 is 0. The fourth-order valence-corrected chi connectivity index (χ4v) is 3.07. The van der Waals surface area contributed by atoms with Crippen molar-refractivity contribution >= 4 is 16.9 Å². The lowest BCUT2D eigenvalue weighted by Crippen LogP contribution is -2.26. The van der Waals surface area contributed by atoms with Gasteiger partial charge in [-0.15, -0.1) is 0 Å². The molecule has 0 saturated heterocycles. The average Bonchev–Trinajstić information content (AvgIpc) is 3.20. The number of rotatable bonds is 6. The van der Waals surface area contributed by atoms with Crippen LogP contribution < -0.4 is 10.1 Å². The van der Waals surface area contributed by atoms with Gasteiger partial charge in [-0.1, -0.05) is 42.5 Å². The van der Waals surface area contributed by atoms with Crippen LogP contribution in [-0.2, 0) is 0 Å². The Kier molecular flexibility index (Phi) is 5.24. The minimum atomic E-state index is -0.321. The first-order valence-corrected chi connectivity index (χ1v) is 9.49. The van der Waals surface area contributed by atoms with Crippen LogP contribution in [0.1, 0.15) is 36.0 Å². The van der Waals surface area contributed by atoms with Gasteiger partial charge in [-0.2, -0.15) is 0 Å². The summed E-state index contributed by atoms with van der Waals surface area (Å²) in [7, 11) is 0. The molecule has 0 aliphatic heterocycles. The topological polar surface area (TPSA) is 77.2 Å². The van der Waals surface area contributed by atoms with Gasteiger partial charge < -0.3 is 14.5 Å². The van der Waals surface area contributed by atoms with Crippen LogP contribution in [0.15, 0.2) is 71.4 Å². The number of nitrogens with one attached hydrogen (secondary N) is 1. The van der Waals surface area contributed by atoms with Gasteiger partial charge in [0, 0.05) is 23.3 Å². The van der Waals surface area contributed by atoms with Crippen molar-refractivity contribution in [2.24, 2.45) is 0 Å². The largest absolute Gasteiger partial charge is 0.490 e. The van der Waals surface area contributed by atoms with E-state index in [-0.39, 0.29) is 11.9 Å². The van der Waals surface area contributed by atoms with Gasteiger partial charge in [0.2, 0.25) is 0 Å². The predicted octanol–water partition coefficient (Wildman–Crippen LogP) is 4.78. The van der Waals surface area contributed by atoms with E-state index in [9.17, 15) is 4.79 Å². The number of carbonyl (C=O) groups is 1. The summed E-state index contributed by atoms with van der Waals surface area (Å²) in [5, 5.41) is 3.86. The summed E-state index contributed by atoms with van der Waals surface area (Å²) in [6.45, 7) is 4.35. The number of benzene rings is 2. The Hall–Kier alpha value is -3.67. The Labute approximate surface area is 168 Å². The summed E-state index contributed by atoms with van der Waals surface area (Å²) in [5.74, 6) is 1.67. The third-order valence-corrected chi connectivity index (χ3v) is 4.55. The van der Waals surface area contributed by atoms with E-state index in [4.69, 9.17) is 9.15 Å². The first-order chi connectivity index (χ1) is 14.2. The van der Waals surface area contributed by atoms with E-state index in [1.807, 2.05) is 68.4 Å². The molecule has 2 aromatic carbocycles. The molecule has 0 saturated carbocycles. The molecule has 4 aromatic rings. The Balaban J connectivity index is 1.49. The highest BCUT2D eigenvalue weighted by atomic mass is 16.5. The van der Waals surface area contributed by atoms with E-state index in [1.54, 1.807) is 0 Å². The van der Waals surface area contributed by atoms with Gasteiger partial charge in [-0.3, -0.25) is 4.79 Å². The van der Waals surface area contributed by atoms with Crippen LogP contribution in [0.5, 0.6) is 5.75 Å². The molecule has 0 spiro atoms. The number of fused-ring (bicyclic) bond motifs is 1. The second-order valence-corrected chi connectivity index (χ2v) is 6.61. The molecule has 0 radical (unpaired) electrons. The third-order valence-electron chi connectivity index (χ3n) is 4.55. The summed E-state index contributed by atoms with van der Waals surface area (Å²) < 4.78 is 11.6. The monoisotopic (exact) mass is 387 g/mol. The minimum absolute atomic E-state index is 0.261. The zero-order valence-corrected chi connectivity index (χ0v) is 16.3. The highest BCUT2D eigenvalue weighted by Gasteiger charge is 2.17. The Morgan fingerprint density at radius 1 is 1.10 bits per heavy atom. The standard InChI is InChI=1S/C23H21N3O3/c1-3-28-19-11-7-10-17-12-20(29-21(17)19)15(2)26-23(27)18-13-24-22(25-14-18)16-8-5-4-6-9-16/h4-15H,3H2,1-2H3,(H,26,27). The maximum Gasteiger partial charge on any atom is 0.254 e. The predicted molar refractivity (Wildman–Crippen MR) is 111 cm³/mol. The van der Waals surface area contributed by atoms with E-state index in [0.29, 0.717) is 35.1 Å². The van der Waals surface area contributed by atoms with E-state index >= 15 is 0 Å². The molecule has 0 fully saturated rings. The van der Waals surface area contributed by atoms with Gasteiger partial charge >= 0.3 is 0 Å². The van der Waals surface area contributed by atoms with Crippen LogP contribution in [-0.4, -0.2) is 22.5 Å². The van der Waals surface area contributed by atoms with Crippen molar-refractivity contribution in [3.63, 3.8) is 0 Å². The molecular weight excluding hydrogens is 366 g/mol. The van der Waals surface area contributed by atoms with Crippen LogP contribution in [0.25, 0.3) is 22.4 Å². The number of carbonyl (C=O) groups excluding carboxylic acids is 1. The molecule has 146 valence electrons. The molecule has 2 aromatic heterocycles. The van der Waals surface area contributed by atoms with Crippen LogP contribution in [0.2, 0.25) is 0 Å². The molecule has 1 atom stereocenters. The molecular formula is C23H21N3O3. The van der Waals surface area contributed by atoms with Gasteiger partial charge in [0.1, 0.15) is 5.76 Å². The zero-order chi connectivity index (χ0) is 20.2. The second-order valence-electron chi connectivity index (χ2n) is 6.61. The van der Waals surface area contributed by atoms with E-state index in [1.165, 1.54) is 12.4 Å². The van der Waals surface area contributed by atoms with Crippen molar-refractivity contribution in [2.75, 3.05) is 6.61 Å². The number of ether oxygens (including phenoxy) is 1. The highest BCUT2D eigenvalue weighted by molar-refractivity contribution is 5.94. The Bertz CT molecular complexity index is 1120. The van der Waals surface area contributed by atoms with Gasteiger partial charge in [-0.25, -0.2) is 9.97 Å². The maximum absolute atomic E-state index is 12.6. The number of furan rings is 1. The van der Waals surface area contributed by atoms with Gasteiger partial charge in [0.15, 0.2) is 17.2 Å². The number of hydrogen-bond donors (Lipinski definition) is 1. The fourth-order valence-electron chi connectivity index (χ4n) is 3.07. The molecule has 2 heterocycles. The second kappa shape index (κ2) is 8.14. The van der Waals surface area contributed by atoms with Crippen molar-refractivity contribution in [1.29, 1.82) is 0 Å². The van der Waals surface area contributed by atoms with Crippen LogP contribution in [0.3, 0.4) is 0 Å². The van der Waals surface area contributed by atoms with E-state index < -0.39 is 0 Å². The van der Waals surface area contributed by atoms with Gasteiger partial charge in [0.05, 0.1) is 18.2 Å². The number of hydrogen-bond acceptors (Lipinski definition) is 5. The van der Waals surface area contributed by atoms with Crippen LogP contribution >= 0.6 is 0 Å². The van der Waals surface area contributed by atoms with Gasteiger partial charge in [-0.05, 0) is 26.0 Å². The molecule has 0 aliphatic carbocycles. The molecule has 4 rings (SSSR count). The van der Waals surface area contributed by atoms with Crippen molar-refractivity contribution in [1.82, 2.24) is 15.3 Å². The fraction of sp³-hybridized carbons (Fsp3) is 0.174. The molecule has 1 amide bonds. The number of amides is 1. The van der Waals surface area contributed by atoms with Crippen LogP contribution in [0, 0.1) is 0 Å². The first-order valence-electron chi connectivity index (χ1n) is 9.49. The van der Waals surface area contributed by atoms with E-state index in [2.05, 4.69) is 15.3 Å². The quantitative estimate of drug-likeness (QED) is 0.515. The summed E-state index contributed by atoms with van der Waals surface area (Å²) in [6, 6.07) is 17.0. The van der Waals surface area contributed by atoms with Crippen LogP contribution in [0.4, 0.5) is 0 Å². The van der Waals surface area contributed by atoms with Crippen molar-refractivity contribution in [3.05, 3.63) is 78.3 Å². The highest BCUT2D eigenvalue weighted by Crippen LogP contribution is 2.31. The maximum atomic E-state index is 12.6. The van der Waals surface area contributed by atoms with Crippen molar-refractivity contribution < 1.29 is 13.9 Å². The Morgan fingerprint density at radius 2 is 1.86 bits per heavy atom. The van der Waals surface area contributed by atoms with Gasteiger partial charge in [0.25, 0.3) is 5.91 Å². The van der Waals surface area contributed by atoms with E-state index in [0.717, 1.165) is 10.9 Å². The molecule has 1 N–H and O–H groups in total. The lowest BCUT2D eigenvalue weighted by molar-refractivity contribution is 0.0935. The molecule has 1 unspecified atom stereocenters. The lowest BCUT2D eigenvalue weighted by atomic mass is 10.2. The van der Waals surface area contributed by atoms with Crippen molar-refractivity contribution in [3.8, 4) is 17.1 Å². The molecule has 6 nitrogen and oxygen atoms in total. The normalized spacial score (nSPS) is 11.9. The summed E-state index contributed by atoms with van der Waals surface area (Å²) in [6.07, 6.45) is 3.06. The SMILES string of the molecule is CCOc1cccc2cc(C(C)NC(=O)c3cnc(-c4ccccc4)nc3)oc12. The molecule has 0 aliphatic rings. The number of aromatic nitrogens is 2. The minimum Gasteiger partial charge on any atom is -0.490 e. The molecule has 0 bridgehead atoms. The zero-order valence-electron chi connectivity index (χ0n) is 16.3.